The standard InChI is InChI=1S/C24H40O2/c1-6-10-12-16-19(5)21(17-13-11-7-2)23-18-20(14-8-3)22(15-9-4)24(25)26-23/h18H,6-17H2,1-5H3/b21-19+. The summed E-state index contributed by atoms with van der Waals surface area (Å²) in [4.78, 5) is 12.7. The highest BCUT2D eigenvalue weighted by molar-refractivity contribution is 5.65. The highest BCUT2D eigenvalue weighted by Gasteiger charge is 2.15. The van der Waals surface area contributed by atoms with Gasteiger partial charge in [-0.25, -0.2) is 4.79 Å². The first-order chi connectivity index (χ1) is 12.6. The molecule has 0 amide bonds. The van der Waals surface area contributed by atoms with Crippen molar-refractivity contribution in [2.75, 3.05) is 0 Å². The molecule has 148 valence electrons. The fourth-order valence-corrected chi connectivity index (χ4v) is 3.61. The summed E-state index contributed by atoms with van der Waals surface area (Å²) in [6.07, 6.45) is 13.3. The topological polar surface area (TPSA) is 30.2 Å². The minimum atomic E-state index is -0.109. The van der Waals surface area contributed by atoms with Crippen molar-refractivity contribution in [1.82, 2.24) is 0 Å². The van der Waals surface area contributed by atoms with Crippen molar-refractivity contribution in [3.05, 3.63) is 38.9 Å². The summed E-state index contributed by atoms with van der Waals surface area (Å²) in [7, 11) is 0. The van der Waals surface area contributed by atoms with Crippen LogP contribution in [0.2, 0.25) is 0 Å². The molecular weight excluding hydrogens is 320 g/mol. The molecule has 0 N–H and O–H groups in total. The maximum absolute atomic E-state index is 12.7. The van der Waals surface area contributed by atoms with E-state index in [4.69, 9.17) is 4.42 Å². The smallest absolute Gasteiger partial charge is 0.339 e. The average molecular weight is 361 g/mol. The molecule has 26 heavy (non-hydrogen) atoms. The van der Waals surface area contributed by atoms with E-state index in [1.165, 1.54) is 55.2 Å². The molecule has 0 aromatic carbocycles. The lowest BCUT2D eigenvalue weighted by atomic mass is 9.94. The first-order valence-corrected chi connectivity index (χ1v) is 10.9. The Bertz CT molecular complexity index is 607. The van der Waals surface area contributed by atoms with Gasteiger partial charge in [-0.05, 0) is 62.7 Å². The Balaban J connectivity index is 3.26. The van der Waals surface area contributed by atoms with E-state index in [0.29, 0.717) is 0 Å². The van der Waals surface area contributed by atoms with Gasteiger partial charge in [-0.3, -0.25) is 0 Å². The van der Waals surface area contributed by atoms with E-state index in [1.807, 2.05) is 0 Å². The van der Waals surface area contributed by atoms with Gasteiger partial charge in [0.2, 0.25) is 0 Å². The first kappa shape index (κ1) is 22.7. The van der Waals surface area contributed by atoms with Crippen LogP contribution >= 0.6 is 0 Å². The van der Waals surface area contributed by atoms with Gasteiger partial charge < -0.3 is 4.42 Å². The molecule has 0 saturated heterocycles. The molecule has 0 spiro atoms. The minimum Gasteiger partial charge on any atom is -0.423 e. The predicted molar refractivity (Wildman–Crippen MR) is 114 cm³/mol. The lowest BCUT2D eigenvalue weighted by Gasteiger charge is -2.15. The van der Waals surface area contributed by atoms with Gasteiger partial charge in [0.1, 0.15) is 5.76 Å². The quantitative estimate of drug-likeness (QED) is 0.341. The minimum absolute atomic E-state index is 0.109. The lowest BCUT2D eigenvalue weighted by Crippen LogP contribution is -2.13. The number of aryl methyl sites for hydroxylation is 1. The SMILES string of the molecule is CCCCC/C(C)=C(\CCCCC)c1cc(CCC)c(CCC)c(=O)o1. The molecule has 0 unspecified atom stereocenters. The first-order valence-electron chi connectivity index (χ1n) is 10.9. The van der Waals surface area contributed by atoms with Crippen molar-refractivity contribution in [3.8, 4) is 0 Å². The van der Waals surface area contributed by atoms with Gasteiger partial charge in [-0.2, -0.15) is 0 Å². The van der Waals surface area contributed by atoms with E-state index in [1.54, 1.807) is 0 Å². The molecule has 0 saturated carbocycles. The van der Waals surface area contributed by atoms with Gasteiger partial charge >= 0.3 is 5.63 Å². The molecule has 0 aliphatic carbocycles. The summed E-state index contributed by atoms with van der Waals surface area (Å²) in [5.74, 6) is 0.836. The summed E-state index contributed by atoms with van der Waals surface area (Å²) in [6.45, 7) is 11.0. The van der Waals surface area contributed by atoms with Gasteiger partial charge in [0.05, 0.1) is 0 Å². The Morgan fingerprint density at radius 1 is 0.846 bits per heavy atom. The zero-order valence-electron chi connectivity index (χ0n) is 17.9. The number of allylic oxidation sites excluding steroid dienone is 2. The Morgan fingerprint density at radius 3 is 2.04 bits per heavy atom. The van der Waals surface area contributed by atoms with Crippen molar-refractivity contribution in [3.63, 3.8) is 0 Å². The lowest BCUT2D eigenvalue weighted by molar-refractivity contribution is 0.480. The molecule has 0 radical (unpaired) electrons. The third-order valence-electron chi connectivity index (χ3n) is 5.16. The van der Waals surface area contributed by atoms with Crippen LogP contribution in [-0.2, 0) is 12.8 Å². The zero-order chi connectivity index (χ0) is 19.4. The van der Waals surface area contributed by atoms with Crippen LogP contribution in [0.25, 0.3) is 5.57 Å². The van der Waals surface area contributed by atoms with Crippen LogP contribution in [-0.4, -0.2) is 0 Å². The number of hydrogen-bond acceptors (Lipinski definition) is 2. The van der Waals surface area contributed by atoms with Gasteiger partial charge in [0.15, 0.2) is 0 Å². The number of rotatable bonds is 13. The van der Waals surface area contributed by atoms with Crippen LogP contribution in [0.5, 0.6) is 0 Å². The molecule has 1 aromatic heterocycles. The van der Waals surface area contributed by atoms with Crippen molar-refractivity contribution in [1.29, 1.82) is 0 Å². The number of hydrogen-bond donors (Lipinski definition) is 0. The van der Waals surface area contributed by atoms with Crippen LogP contribution in [0.1, 0.15) is 116 Å². The van der Waals surface area contributed by atoms with Gasteiger partial charge in [0, 0.05) is 5.56 Å². The van der Waals surface area contributed by atoms with Crippen molar-refractivity contribution in [2.24, 2.45) is 0 Å². The van der Waals surface area contributed by atoms with Crippen molar-refractivity contribution >= 4 is 5.57 Å². The van der Waals surface area contributed by atoms with E-state index >= 15 is 0 Å². The summed E-state index contributed by atoms with van der Waals surface area (Å²) in [5.41, 5.74) is 4.68. The molecule has 1 heterocycles. The number of unbranched alkanes of at least 4 members (excludes halogenated alkanes) is 4. The molecule has 2 nitrogen and oxygen atoms in total. The van der Waals surface area contributed by atoms with Gasteiger partial charge in [-0.15, -0.1) is 0 Å². The maximum Gasteiger partial charge on any atom is 0.339 e. The fraction of sp³-hybridized carbons (Fsp3) is 0.708. The van der Waals surface area contributed by atoms with E-state index in [0.717, 1.165) is 49.8 Å². The van der Waals surface area contributed by atoms with Crippen LogP contribution in [0.15, 0.2) is 20.9 Å². The van der Waals surface area contributed by atoms with Gasteiger partial charge in [0.25, 0.3) is 0 Å². The average Bonchev–Trinajstić information content (AvgIpc) is 2.62. The Kier molecular flexibility index (Phi) is 11.3. The monoisotopic (exact) mass is 360 g/mol. The Labute approximate surface area is 161 Å². The van der Waals surface area contributed by atoms with Crippen LogP contribution in [0.3, 0.4) is 0 Å². The van der Waals surface area contributed by atoms with E-state index < -0.39 is 0 Å². The van der Waals surface area contributed by atoms with E-state index in [2.05, 4.69) is 40.7 Å². The fourth-order valence-electron chi connectivity index (χ4n) is 3.61. The Hall–Kier alpha value is -1.31. The third kappa shape index (κ3) is 7.13. The molecule has 0 aliphatic heterocycles. The van der Waals surface area contributed by atoms with E-state index in [-0.39, 0.29) is 5.63 Å². The summed E-state index contributed by atoms with van der Waals surface area (Å²) in [6, 6.07) is 2.18. The second-order valence-electron chi connectivity index (χ2n) is 7.57. The Morgan fingerprint density at radius 2 is 1.46 bits per heavy atom. The normalized spacial score (nSPS) is 12.3. The van der Waals surface area contributed by atoms with Crippen LogP contribution in [0, 0.1) is 0 Å². The largest absolute Gasteiger partial charge is 0.423 e. The second-order valence-corrected chi connectivity index (χ2v) is 7.57. The molecule has 0 bridgehead atoms. The molecule has 2 heteroatoms. The molecule has 0 atom stereocenters. The maximum atomic E-state index is 12.7. The predicted octanol–water partition coefficient (Wildman–Crippen LogP) is 7.48. The van der Waals surface area contributed by atoms with Crippen LogP contribution < -0.4 is 5.63 Å². The zero-order valence-corrected chi connectivity index (χ0v) is 17.9. The highest BCUT2D eigenvalue weighted by Crippen LogP contribution is 2.29. The van der Waals surface area contributed by atoms with E-state index in [9.17, 15) is 4.79 Å². The van der Waals surface area contributed by atoms with Crippen molar-refractivity contribution in [2.45, 2.75) is 112 Å². The molecular formula is C24H40O2. The highest BCUT2D eigenvalue weighted by atomic mass is 16.4. The van der Waals surface area contributed by atoms with Crippen LogP contribution in [0.4, 0.5) is 0 Å². The van der Waals surface area contributed by atoms with Gasteiger partial charge in [-0.1, -0.05) is 71.8 Å². The molecule has 1 aromatic rings. The third-order valence-corrected chi connectivity index (χ3v) is 5.16. The summed E-state index contributed by atoms with van der Waals surface area (Å²) < 4.78 is 5.85. The summed E-state index contributed by atoms with van der Waals surface area (Å²) >= 11 is 0. The summed E-state index contributed by atoms with van der Waals surface area (Å²) in [5, 5.41) is 0. The molecule has 1 rings (SSSR count). The molecule has 0 fully saturated rings. The molecule has 0 aliphatic rings. The second kappa shape index (κ2) is 12.9. The van der Waals surface area contributed by atoms with Crippen molar-refractivity contribution < 1.29 is 4.42 Å².